The second kappa shape index (κ2) is 7.05. The molecule has 3 rings (SSSR count). The fraction of sp³-hybridized carbons (Fsp3) is 0.412. The van der Waals surface area contributed by atoms with Crippen LogP contribution in [0.1, 0.15) is 29.8 Å². The SMILES string of the molecule is CCC1CN(Cc2ccc(Br)s2)C(c2ccccc2)CN1. The van der Waals surface area contributed by atoms with Crippen LogP contribution in [-0.2, 0) is 6.54 Å². The Hall–Kier alpha value is -0.680. The predicted octanol–water partition coefficient (Wildman–Crippen LogP) is 4.44. The van der Waals surface area contributed by atoms with Crippen molar-refractivity contribution in [1.29, 1.82) is 0 Å². The molecule has 1 aromatic heterocycles. The van der Waals surface area contributed by atoms with E-state index in [4.69, 9.17) is 0 Å². The van der Waals surface area contributed by atoms with E-state index in [1.54, 1.807) is 0 Å². The van der Waals surface area contributed by atoms with Crippen molar-refractivity contribution in [3.8, 4) is 0 Å². The number of nitrogens with zero attached hydrogens (tertiary/aromatic N) is 1. The monoisotopic (exact) mass is 364 g/mol. The molecule has 2 heterocycles. The molecule has 0 aliphatic carbocycles. The lowest BCUT2D eigenvalue weighted by Crippen LogP contribution is -2.51. The van der Waals surface area contributed by atoms with Gasteiger partial charge in [0.15, 0.2) is 0 Å². The molecular formula is C17H21BrN2S. The molecule has 0 amide bonds. The Balaban J connectivity index is 1.80. The van der Waals surface area contributed by atoms with Crippen molar-refractivity contribution in [2.75, 3.05) is 13.1 Å². The fourth-order valence-corrected chi connectivity index (χ4v) is 4.48. The number of hydrogen-bond donors (Lipinski definition) is 1. The molecule has 0 saturated carbocycles. The average molecular weight is 365 g/mol. The molecule has 1 aliphatic heterocycles. The van der Waals surface area contributed by atoms with Crippen LogP contribution in [0.4, 0.5) is 0 Å². The van der Waals surface area contributed by atoms with E-state index in [1.807, 2.05) is 11.3 Å². The van der Waals surface area contributed by atoms with E-state index >= 15 is 0 Å². The number of rotatable bonds is 4. The smallest absolute Gasteiger partial charge is 0.0701 e. The molecule has 2 aromatic rings. The second-order valence-electron chi connectivity index (χ2n) is 5.58. The first-order valence-corrected chi connectivity index (χ1v) is 9.14. The largest absolute Gasteiger partial charge is 0.311 e. The first-order chi connectivity index (χ1) is 10.3. The summed E-state index contributed by atoms with van der Waals surface area (Å²) in [6, 6.07) is 16.3. The summed E-state index contributed by atoms with van der Waals surface area (Å²) in [6.07, 6.45) is 1.19. The number of benzene rings is 1. The Labute approximate surface area is 139 Å². The number of nitrogens with one attached hydrogen (secondary N) is 1. The lowest BCUT2D eigenvalue weighted by Gasteiger charge is -2.40. The van der Waals surface area contributed by atoms with Gasteiger partial charge in [0.25, 0.3) is 0 Å². The molecule has 1 N–H and O–H groups in total. The molecule has 0 radical (unpaired) electrons. The molecule has 1 saturated heterocycles. The van der Waals surface area contributed by atoms with Gasteiger partial charge in [0.2, 0.25) is 0 Å². The maximum absolute atomic E-state index is 3.69. The molecule has 1 aromatic carbocycles. The standard InChI is InChI=1S/C17H21BrN2S/c1-2-14-11-20(12-15-8-9-17(18)21-15)16(10-19-14)13-6-4-3-5-7-13/h3-9,14,16,19H,2,10-12H2,1H3. The summed E-state index contributed by atoms with van der Waals surface area (Å²) >= 11 is 5.41. The minimum absolute atomic E-state index is 0.467. The zero-order valence-electron chi connectivity index (χ0n) is 12.3. The van der Waals surface area contributed by atoms with Gasteiger partial charge < -0.3 is 5.32 Å². The Bertz CT molecular complexity index is 569. The van der Waals surface area contributed by atoms with E-state index in [0.29, 0.717) is 12.1 Å². The molecule has 0 spiro atoms. The average Bonchev–Trinajstić information content (AvgIpc) is 2.93. The Morgan fingerprint density at radius 2 is 2.05 bits per heavy atom. The molecule has 4 heteroatoms. The van der Waals surface area contributed by atoms with Gasteiger partial charge in [-0.2, -0.15) is 0 Å². The summed E-state index contributed by atoms with van der Waals surface area (Å²) in [5, 5.41) is 3.69. The first-order valence-electron chi connectivity index (χ1n) is 7.53. The number of thiophene rings is 1. The van der Waals surface area contributed by atoms with Gasteiger partial charge in [-0.05, 0) is 40.0 Å². The third-order valence-electron chi connectivity index (χ3n) is 4.16. The van der Waals surface area contributed by atoms with E-state index in [2.05, 4.69) is 75.5 Å². The summed E-state index contributed by atoms with van der Waals surface area (Å²) in [4.78, 5) is 4.05. The van der Waals surface area contributed by atoms with Crippen LogP contribution in [0.15, 0.2) is 46.3 Å². The van der Waals surface area contributed by atoms with Crippen LogP contribution in [0.5, 0.6) is 0 Å². The summed E-state index contributed by atoms with van der Waals surface area (Å²) in [6.45, 7) is 5.45. The maximum Gasteiger partial charge on any atom is 0.0701 e. The van der Waals surface area contributed by atoms with E-state index < -0.39 is 0 Å². The maximum atomic E-state index is 3.69. The summed E-state index contributed by atoms with van der Waals surface area (Å²) in [7, 11) is 0. The highest BCUT2D eigenvalue weighted by atomic mass is 79.9. The van der Waals surface area contributed by atoms with Crippen LogP contribution in [0.3, 0.4) is 0 Å². The summed E-state index contributed by atoms with van der Waals surface area (Å²) in [5.41, 5.74) is 1.41. The van der Waals surface area contributed by atoms with Gasteiger partial charge in [-0.25, -0.2) is 0 Å². The summed E-state index contributed by atoms with van der Waals surface area (Å²) in [5.74, 6) is 0. The van der Waals surface area contributed by atoms with Crippen molar-refractivity contribution in [3.05, 3.63) is 56.7 Å². The minimum Gasteiger partial charge on any atom is -0.311 e. The highest BCUT2D eigenvalue weighted by molar-refractivity contribution is 9.11. The van der Waals surface area contributed by atoms with Crippen molar-refractivity contribution in [2.45, 2.75) is 32.0 Å². The zero-order valence-corrected chi connectivity index (χ0v) is 14.7. The van der Waals surface area contributed by atoms with Crippen molar-refractivity contribution in [1.82, 2.24) is 10.2 Å². The van der Waals surface area contributed by atoms with Gasteiger partial charge >= 0.3 is 0 Å². The van der Waals surface area contributed by atoms with Gasteiger partial charge in [-0.1, -0.05) is 37.3 Å². The molecule has 2 unspecified atom stereocenters. The van der Waals surface area contributed by atoms with Gasteiger partial charge in [0, 0.05) is 36.6 Å². The van der Waals surface area contributed by atoms with Crippen LogP contribution >= 0.6 is 27.3 Å². The Morgan fingerprint density at radius 3 is 2.71 bits per heavy atom. The van der Waals surface area contributed by atoms with Crippen molar-refractivity contribution in [3.63, 3.8) is 0 Å². The molecule has 21 heavy (non-hydrogen) atoms. The van der Waals surface area contributed by atoms with Gasteiger partial charge in [0.1, 0.15) is 0 Å². The van der Waals surface area contributed by atoms with Crippen LogP contribution in [0.2, 0.25) is 0 Å². The van der Waals surface area contributed by atoms with Crippen LogP contribution in [0, 0.1) is 0 Å². The number of piperazine rings is 1. The number of halogens is 1. The van der Waals surface area contributed by atoms with Crippen molar-refractivity contribution < 1.29 is 0 Å². The number of hydrogen-bond acceptors (Lipinski definition) is 3. The molecule has 1 aliphatic rings. The normalized spacial score (nSPS) is 23.3. The van der Waals surface area contributed by atoms with E-state index in [1.165, 1.54) is 20.6 Å². The molecular weight excluding hydrogens is 344 g/mol. The Kier molecular flexibility index (Phi) is 5.11. The van der Waals surface area contributed by atoms with Gasteiger partial charge in [-0.3, -0.25) is 4.90 Å². The molecule has 2 atom stereocenters. The van der Waals surface area contributed by atoms with Crippen LogP contribution in [0.25, 0.3) is 0 Å². The lowest BCUT2D eigenvalue weighted by atomic mass is 10.00. The van der Waals surface area contributed by atoms with Gasteiger partial charge in [0.05, 0.1) is 3.79 Å². The quantitative estimate of drug-likeness (QED) is 0.862. The predicted molar refractivity (Wildman–Crippen MR) is 93.7 cm³/mol. The zero-order chi connectivity index (χ0) is 14.7. The van der Waals surface area contributed by atoms with E-state index in [-0.39, 0.29) is 0 Å². The molecule has 112 valence electrons. The minimum atomic E-state index is 0.467. The van der Waals surface area contributed by atoms with Gasteiger partial charge in [-0.15, -0.1) is 11.3 Å². The molecule has 0 bridgehead atoms. The highest BCUT2D eigenvalue weighted by Crippen LogP contribution is 2.29. The fourth-order valence-electron chi connectivity index (χ4n) is 2.97. The molecule has 2 nitrogen and oxygen atoms in total. The second-order valence-corrected chi connectivity index (χ2v) is 8.12. The summed E-state index contributed by atoms with van der Waals surface area (Å²) < 4.78 is 1.22. The highest BCUT2D eigenvalue weighted by Gasteiger charge is 2.28. The third-order valence-corrected chi connectivity index (χ3v) is 5.77. The Morgan fingerprint density at radius 1 is 1.24 bits per heavy atom. The third kappa shape index (κ3) is 3.75. The molecule has 1 fully saturated rings. The van der Waals surface area contributed by atoms with Crippen molar-refractivity contribution in [2.24, 2.45) is 0 Å². The van der Waals surface area contributed by atoms with Crippen molar-refractivity contribution >= 4 is 27.3 Å². The topological polar surface area (TPSA) is 15.3 Å². The van der Waals surface area contributed by atoms with E-state index in [0.717, 1.165) is 19.6 Å². The lowest BCUT2D eigenvalue weighted by molar-refractivity contribution is 0.122. The van der Waals surface area contributed by atoms with Crippen LogP contribution < -0.4 is 5.32 Å². The first kappa shape index (κ1) is 15.2. The van der Waals surface area contributed by atoms with Crippen LogP contribution in [-0.4, -0.2) is 24.0 Å². The van der Waals surface area contributed by atoms with E-state index in [9.17, 15) is 0 Å².